The maximum Gasteiger partial charge on any atom is 0.315 e. The summed E-state index contributed by atoms with van der Waals surface area (Å²) in [6, 6.07) is 7.92. The molecule has 2 rings (SSSR count). The number of piperidine rings is 1. The lowest BCUT2D eigenvalue weighted by Gasteiger charge is -2.33. The van der Waals surface area contributed by atoms with Crippen molar-refractivity contribution in [1.29, 1.82) is 0 Å². The lowest BCUT2D eigenvalue weighted by Crippen LogP contribution is -2.48. The van der Waals surface area contributed by atoms with Crippen LogP contribution in [0.3, 0.4) is 0 Å². The van der Waals surface area contributed by atoms with Crippen molar-refractivity contribution in [1.82, 2.24) is 15.5 Å². The monoisotopic (exact) mass is 347 g/mol. The second kappa shape index (κ2) is 9.66. The Morgan fingerprint density at radius 2 is 2.04 bits per heavy atom. The minimum Gasteiger partial charge on any atom is -0.497 e. The van der Waals surface area contributed by atoms with E-state index in [0.29, 0.717) is 0 Å². The van der Waals surface area contributed by atoms with Gasteiger partial charge >= 0.3 is 6.03 Å². The highest BCUT2D eigenvalue weighted by Crippen LogP contribution is 2.20. The largest absolute Gasteiger partial charge is 0.497 e. The summed E-state index contributed by atoms with van der Waals surface area (Å²) in [5.41, 5.74) is 1.09. The van der Waals surface area contributed by atoms with Crippen LogP contribution in [0.15, 0.2) is 24.3 Å². The first-order valence-electron chi connectivity index (χ1n) is 9.45. The van der Waals surface area contributed by atoms with E-state index in [1.54, 1.807) is 7.11 Å². The summed E-state index contributed by atoms with van der Waals surface area (Å²) in [5.74, 6) is 1.58. The lowest BCUT2D eigenvalue weighted by molar-refractivity contribution is 0.169. The average Bonchev–Trinajstić information content (AvgIpc) is 2.59. The van der Waals surface area contributed by atoms with Gasteiger partial charge in [0.25, 0.3) is 0 Å². The Morgan fingerprint density at radius 3 is 2.64 bits per heavy atom. The summed E-state index contributed by atoms with van der Waals surface area (Å²) in [7, 11) is 1.66. The molecule has 3 unspecified atom stereocenters. The van der Waals surface area contributed by atoms with Crippen LogP contribution in [-0.2, 0) is 0 Å². The maximum atomic E-state index is 12.4. The van der Waals surface area contributed by atoms with Crippen LogP contribution in [0.4, 0.5) is 4.79 Å². The molecule has 1 saturated heterocycles. The van der Waals surface area contributed by atoms with Crippen molar-refractivity contribution < 1.29 is 9.53 Å². The predicted octanol–water partition coefficient (Wildman–Crippen LogP) is 3.57. The number of likely N-dealkylation sites (tertiary alicyclic amines) is 1. The van der Waals surface area contributed by atoms with E-state index in [-0.39, 0.29) is 18.1 Å². The number of amides is 2. The molecule has 0 spiro atoms. The Morgan fingerprint density at radius 1 is 1.32 bits per heavy atom. The van der Waals surface area contributed by atoms with Crippen LogP contribution in [0, 0.1) is 5.92 Å². The number of methoxy groups -OCH3 is 1. The smallest absolute Gasteiger partial charge is 0.315 e. The molecule has 0 aromatic heterocycles. The Bertz CT molecular complexity index is 532. The third-order valence-corrected chi connectivity index (χ3v) is 4.88. The van der Waals surface area contributed by atoms with E-state index >= 15 is 0 Å². The van der Waals surface area contributed by atoms with Gasteiger partial charge in [-0.1, -0.05) is 26.0 Å². The summed E-state index contributed by atoms with van der Waals surface area (Å²) >= 11 is 0. The quantitative estimate of drug-likeness (QED) is 0.793. The summed E-state index contributed by atoms with van der Waals surface area (Å²) in [4.78, 5) is 14.8. The van der Waals surface area contributed by atoms with Crippen molar-refractivity contribution in [3.63, 3.8) is 0 Å². The highest BCUT2D eigenvalue weighted by atomic mass is 16.5. The molecular weight excluding hydrogens is 314 g/mol. The number of nitrogens with zero attached hydrogens (tertiary/aromatic N) is 1. The van der Waals surface area contributed by atoms with Gasteiger partial charge in [0.2, 0.25) is 0 Å². The predicted molar refractivity (Wildman–Crippen MR) is 102 cm³/mol. The Labute approximate surface area is 152 Å². The minimum absolute atomic E-state index is 0.00751. The van der Waals surface area contributed by atoms with Crippen molar-refractivity contribution >= 4 is 6.03 Å². The lowest BCUT2D eigenvalue weighted by atomic mass is 10.00. The molecule has 0 aliphatic carbocycles. The number of rotatable bonds is 7. The van der Waals surface area contributed by atoms with Crippen LogP contribution >= 0.6 is 0 Å². The Kier molecular flexibility index (Phi) is 7.56. The highest BCUT2D eigenvalue weighted by molar-refractivity contribution is 5.74. The van der Waals surface area contributed by atoms with E-state index in [2.05, 4.69) is 36.3 Å². The van der Waals surface area contributed by atoms with Gasteiger partial charge in [0.05, 0.1) is 13.2 Å². The molecule has 25 heavy (non-hydrogen) atoms. The SMILES string of the molecule is CCC(NC(=O)NC(C)CN1CCCC(C)C1)c1ccc(OC)cc1. The first kappa shape index (κ1) is 19.6. The molecule has 3 atom stereocenters. The molecule has 0 saturated carbocycles. The number of ether oxygens (including phenoxy) is 1. The van der Waals surface area contributed by atoms with Crippen molar-refractivity contribution in [2.75, 3.05) is 26.7 Å². The van der Waals surface area contributed by atoms with Crippen LogP contribution in [-0.4, -0.2) is 43.7 Å². The number of benzene rings is 1. The standard InChI is InChI=1S/C20H33N3O2/c1-5-19(17-8-10-18(25-4)11-9-17)22-20(24)21-16(3)14-23-12-6-7-15(2)13-23/h8-11,15-16,19H,5-7,12-14H2,1-4H3,(H2,21,22,24). The fraction of sp³-hybridized carbons (Fsp3) is 0.650. The maximum absolute atomic E-state index is 12.4. The van der Waals surface area contributed by atoms with Gasteiger partial charge < -0.3 is 20.3 Å². The molecular formula is C20H33N3O2. The fourth-order valence-corrected chi connectivity index (χ4v) is 3.57. The van der Waals surface area contributed by atoms with E-state index < -0.39 is 0 Å². The molecule has 1 aromatic rings. The van der Waals surface area contributed by atoms with Crippen molar-refractivity contribution in [2.24, 2.45) is 5.92 Å². The topological polar surface area (TPSA) is 53.6 Å². The van der Waals surface area contributed by atoms with Crippen LogP contribution < -0.4 is 15.4 Å². The van der Waals surface area contributed by atoms with Crippen molar-refractivity contribution in [2.45, 2.75) is 52.1 Å². The Balaban J connectivity index is 1.82. The molecule has 5 heteroatoms. The highest BCUT2D eigenvalue weighted by Gasteiger charge is 2.20. The molecule has 2 amide bonds. The summed E-state index contributed by atoms with van der Waals surface area (Å²) in [5, 5.41) is 6.17. The second-order valence-corrected chi connectivity index (χ2v) is 7.26. The molecule has 0 radical (unpaired) electrons. The summed E-state index contributed by atoms with van der Waals surface area (Å²) in [6.07, 6.45) is 3.42. The molecule has 1 aromatic carbocycles. The number of carbonyl (C=O) groups excluding carboxylic acids is 1. The van der Waals surface area contributed by atoms with Crippen molar-refractivity contribution in [3.05, 3.63) is 29.8 Å². The molecule has 1 heterocycles. The van der Waals surface area contributed by atoms with E-state index in [0.717, 1.165) is 43.3 Å². The summed E-state index contributed by atoms with van der Waals surface area (Å²) < 4.78 is 5.19. The van der Waals surface area contributed by atoms with Crippen LogP contribution in [0.5, 0.6) is 5.75 Å². The number of carbonyl (C=O) groups is 1. The van der Waals surface area contributed by atoms with Gasteiger partial charge in [-0.3, -0.25) is 0 Å². The first-order chi connectivity index (χ1) is 12.0. The van der Waals surface area contributed by atoms with Gasteiger partial charge in [0.1, 0.15) is 5.75 Å². The van der Waals surface area contributed by atoms with Gasteiger partial charge in [-0.05, 0) is 56.3 Å². The van der Waals surface area contributed by atoms with Gasteiger partial charge in [-0.25, -0.2) is 4.79 Å². The molecule has 2 N–H and O–H groups in total. The van der Waals surface area contributed by atoms with Gasteiger partial charge in [0, 0.05) is 19.1 Å². The van der Waals surface area contributed by atoms with Gasteiger partial charge in [-0.15, -0.1) is 0 Å². The third-order valence-electron chi connectivity index (χ3n) is 4.88. The van der Waals surface area contributed by atoms with Crippen molar-refractivity contribution in [3.8, 4) is 5.75 Å². The molecule has 140 valence electrons. The van der Waals surface area contributed by atoms with Crippen LogP contribution in [0.25, 0.3) is 0 Å². The normalized spacial score (nSPS) is 20.6. The van der Waals surface area contributed by atoms with E-state index in [1.165, 1.54) is 12.8 Å². The molecule has 1 fully saturated rings. The number of urea groups is 1. The number of nitrogens with one attached hydrogen (secondary N) is 2. The average molecular weight is 348 g/mol. The zero-order valence-electron chi connectivity index (χ0n) is 16.0. The van der Waals surface area contributed by atoms with E-state index in [9.17, 15) is 4.79 Å². The number of hydrogen-bond acceptors (Lipinski definition) is 3. The van der Waals surface area contributed by atoms with Crippen LogP contribution in [0.1, 0.15) is 51.6 Å². The second-order valence-electron chi connectivity index (χ2n) is 7.26. The Hall–Kier alpha value is -1.75. The van der Waals surface area contributed by atoms with Crippen LogP contribution in [0.2, 0.25) is 0 Å². The van der Waals surface area contributed by atoms with Gasteiger partial charge in [0.15, 0.2) is 0 Å². The third kappa shape index (κ3) is 6.24. The molecule has 0 bridgehead atoms. The minimum atomic E-state index is -0.0970. The fourth-order valence-electron chi connectivity index (χ4n) is 3.57. The van der Waals surface area contributed by atoms with E-state index in [4.69, 9.17) is 4.74 Å². The van der Waals surface area contributed by atoms with Gasteiger partial charge in [-0.2, -0.15) is 0 Å². The molecule has 5 nitrogen and oxygen atoms in total. The zero-order chi connectivity index (χ0) is 18.2. The molecule has 1 aliphatic rings. The zero-order valence-corrected chi connectivity index (χ0v) is 16.0. The summed E-state index contributed by atoms with van der Waals surface area (Å²) in [6.45, 7) is 9.65. The molecule has 1 aliphatic heterocycles. The first-order valence-corrected chi connectivity index (χ1v) is 9.45. The van der Waals surface area contributed by atoms with E-state index in [1.807, 2.05) is 24.3 Å². The number of hydrogen-bond donors (Lipinski definition) is 2.